The van der Waals surface area contributed by atoms with Crippen molar-refractivity contribution in [3.05, 3.63) is 57.5 Å². The first-order chi connectivity index (χ1) is 11.6. The zero-order valence-corrected chi connectivity index (χ0v) is 14.0. The summed E-state index contributed by atoms with van der Waals surface area (Å²) in [5.74, 6) is 0.933. The van der Waals surface area contributed by atoms with Gasteiger partial charge in [-0.25, -0.2) is 0 Å². The van der Waals surface area contributed by atoms with Crippen LogP contribution in [0.3, 0.4) is 0 Å². The number of nitrogens with one attached hydrogen (secondary N) is 2. The maximum atomic E-state index is 12.5. The number of aromatic nitrogens is 1. The molecule has 126 valence electrons. The molecule has 3 rings (SSSR count). The average Bonchev–Trinajstić information content (AvgIpc) is 2.56. The molecule has 1 amide bonds. The Kier molecular flexibility index (Phi) is 4.69. The van der Waals surface area contributed by atoms with Gasteiger partial charge in [0.2, 0.25) is 0 Å². The van der Waals surface area contributed by atoms with Crippen molar-refractivity contribution in [3.63, 3.8) is 0 Å². The molecule has 24 heavy (non-hydrogen) atoms. The monoisotopic (exact) mass is 326 g/mol. The van der Waals surface area contributed by atoms with E-state index < -0.39 is 0 Å². The number of anilines is 1. The summed E-state index contributed by atoms with van der Waals surface area (Å²) in [7, 11) is 0. The van der Waals surface area contributed by atoms with E-state index in [-0.39, 0.29) is 17.0 Å². The lowest BCUT2D eigenvalue weighted by Crippen LogP contribution is -2.27. The van der Waals surface area contributed by atoms with E-state index in [4.69, 9.17) is 4.74 Å². The van der Waals surface area contributed by atoms with Gasteiger partial charge in [0.15, 0.2) is 0 Å². The van der Waals surface area contributed by atoms with Gasteiger partial charge in [0.05, 0.1) is 6.61 Å². The van der Waals surface area contributed by atoms with Crippen LogP contribution in [-0.4, -0.2) is 17.5 Å². The fourth-order valence-electron chi connectivity index (χ4n) is 3.05. The van der Waals surface area contributed by atoms with Crippen molar-refractivity contribution in [1.82, 2.24) is 4.98 Å². The largest absolute Gasteiger partial charge is 0.494 e. The summed E-state index contributed by atoms with van der Waals surface area (Å²) in [5.41, 5.74) is 2.51. The average molecular weight is 326 g/mol. The van der Waals surface area contributed by atoms with Gasteiger partial charge in [-0.15, -0.1) is 0 Å². The summed E-state index contributed by atoms with van der Waals surface area (Å²) in [6.07, 6.45) is 2.84. The van der Waals surface area contributed by atoms with Gasteiger partial charge < -0.3 is 15.0 Å². The Balaban J connectivity index is 1.79. The Labute approximate surface area is 141 Å². The van der Waals surface area contributed by atoms with Crippen molar-refractivity contribution in [1.29, 1.82) is 0 Å². The number of benzene rings is 1. The summed E-state index contributed by atoms with van der Waals surface area (Å²) < 4.78 is 5.37. The van der Waals surface area contributed by atoms with Crippen molar-refractivity contribution in [2.45, 2.75) is 33.1 Å². The van der Waals surface area contributed by atoms with Crippen molar-refractivity contribution in [2.24, 2.45) is 5.92 Å². The summed E-state index contributed by atoms with van der Waals surface area (Å²) in [4.78, 5) is 27.5. The Morgan fingerprint density at radius 3 is 2.79 bits per heavy atom. The van der Waals surface area contributed by atoms with Gasteiger partial charge >= 0.3 is 0 Å². The number of rotatable bonds is 4. The van der Waals surface area contributed by atoms with Crippen LogP contribution in [0.15, 0.2) is 35.1 Å². The molecule has 0 spiro atoms. The normalized spacial score (nSPS) is 16.3. The van der Waals surface area contributed by atoms with Crippen LogP contribution >= 0.6 is 0 Å². The molecule has 0 saturated carbocycles. The van der Waals surface area contributed by atoms with Crippen LogP contribution in [-0.2, 0) is 12.8 Å². The quantitative estimate of drug-likeness (QED) is 0.906. The second-order valence-corrected chi connectivity index (χ2v) is 6.28. The predicted octanol–water partition coefficient (Wildman–Crippen LogP) is 3.15. The zero-order valence-electron chi connectivity index (χ0n) is 14.0. The second-order valence-electron chi connectivity index (χ2n) is 6.28. The molecule has 1 aromatic heterocycles. The van der Waals surface area contributed by atoms with Gasteiger partial charge in [-0.2, -0.15) is 0 Å². The number of carbonyl (C=O) groups excluding carboxylic acids is 1. The standard InChI is InChI=1S/C19H22N2O3/c1-3-24-15-7-5-14(6-8-15)20-18(22)16-11-13-10-12(2)4-9-17(13)21-19(16)23/h5-8,11-12H,3-4,9-10H2,1-2H3,(H,20,22)(H,21,23)/t12-/m1/s1. The molecule has 1 atom stereocenters. The van der Waals surface area contributed by atoms with Gasteiger partial charge in [0.1, 0.15) is 11.3 Å². The molecule has 2 aromatic rings. The number of aryl methyl sites for hydroxylation is 1. The van der Waals surface area contributed by atoms with E-state index in [2.05, 4.69) is 17.2 Å². The lowest BCUT2D eigenvalue weighted by Gasteiger charge is -2.21. The van der Waals surface area contributed by atoms with Crippen LogP contribution in [0.4, 0.5) is 5.69 Å². The summed E-state index contributed by atoms with van der Waals surface area (Å²) >= 11 is 0. The number of carbonyl (C=O) groups is 1. The van der Waals surface area contributed by atoms with Gasteiger partial charge in [-0.05, 0) is 68.0 Å². The molecule has 1 aliphatic carbocycles. The number of ether oxygens (including phenoxy) is 1. The zero-order chi connectivity index (χ0) is 17.1. The van der Waals surface area contributed by atoms with E-state index in [1.54, 1.807) is 30.3 Å². The highest BCUT2D eigenvalue weighted by atomic mass is 16.5. The number of hydrogen-bond donors (Lipinski definition) is 2. The van der Waals surface area contributed by atoms with E-state index in [0.717, 1.165) is 36.3 Å². The smallest absolute Gasteiger partial charge is 0.261 e. The molecule has 0 bridgehead atoms. The van der Waals surface area contributed by atoms with Crippen molar-refractivity contribution in [2.75, 3.05) is 11.9 Å². The minimum atomic E-state index is -0.388. The molecule has 5 heteroatoms. The Bertz CT molecular complexity index is 793. The van der Waals surface area contributed by atoms with Gasteiger partial charge in [-0.1, -0.05) is 6.92 Å². The Morgan fingerprint density at radius 1 is 1.33 bits per heavy atom. The third-order valence-corrected chi connectivity index (χ3v) is 4.34. The molecular formula is C19H22N2O3. The van der Waals surface area contributed by atoms with Crippen LogP contribution < -0.4 is 15.6 Å². The van der Waals surface area contributed by atoms with Crippen LogP contribution in [0, 0.1) is 5.92 Å². The maximum Gasteiger partial charge on any atom is 0.261 e. The summed E-state index contributed by atoms with van der Waals surface area (Å²) in [6.45, 7) is 4.70. The highest BCUT2D eigenvalue weighted by Gasteiger charge is 2.20. The van der Waals surface area contributed by atoms with E-state index in [9.17, 15) is 9.59 Å². The number of fused-ring (bicyclic) bond motifs is 1. The number of pyridine rings is 1. The van der Waals surface area contributed by atoms with E-state index in [1.807, 2.05) is 6.92 Å². The first-order valence-electron chi connectivity index (χ1n) is 8.36. The fraction of sp³-hybridized carbons (Fsp3) is 0.368. The summed E-state index contributed by atoms with van der Waals surface area (Å²) in [5, 5.41) is 2.77. The molecule has 0 radical (unpaired) electrons. The third kappa shape index (κ3) is 3.50. The van der Waals surface area contributed by atoms with Crippen LogP contribution in [0.1, 0.15) is 41.9 Å². The highest BCUT2D eigenvalue weighted by Crippen LogP contribution is 2.23. The molecule has 2 N–H and O–H groups in total. The predicted molar refractivity (Wildman–Crippen MR) is 93.8 cm³/mol. The minimum absolute atomic E-state index is 0.164. The number of aromatic amines is 1. The minimum Gasteiger partial charge on any atom is -0.494 e. The van der Waals surface area contributed by atoms with Crippen molar-refractivity contribution in [3.8, 4) is 5.75 Å². The van der Waals surface area contributed by atoms with Gasteiger partial charge in [0.25, 0.3) is 11.5 Å². The topological polar surface area (TPSA) is 71.2 Å². The van der Waals surface area contributed by atoms with Crippen LogP contribution in [0.2, 0.25) is 0 Å². The molecular weight excluding hydrogens is 304 g/mol. The molecule has 1 heterocycles. The first kappa shape index (κ1) is 16.3. The molecule has 1 aromatic carbocycles. The molecule has 1 aliphatic rings. The Hall–Kier alpha value is -2.56. The maximum absolute atomic E-state index is 12.5. The third-order valence-electron chi connectivity index (χ3n) is 4.34. The summed E-state index contributed by atoms with van der Waals surface area (Å²) in [6, 6.07) is 8.85. The number of amides is 1. The van der Waals surface area contributed by atoms with Crippen molar-refractivity contribution < 1.29 is 9.53 Å². The second kappa shape index (κ2) is 6.91. The highest BCUT2D eigenvalue weighted by molar-refractivity contribution is 6.04. The van der Waals surface area contributed by atoms with E-state index in [1.165, 1.54) is 0 Å². The van der Waals surface area contributed by atoms with Gasteiger partial charge in [-0.3, -0.25) is 9.59 Å². The molecule has 5 nitrogen and oxygen atoms in total. The Morgan fingerprint density at radius 2 is 2.08 bits per heavy atom. The molecule has 0 aliphatic heterocycles. The molecule has 0 unspecified atom stereocenters. The SMILES string of the molecule is CCOc1ccc(NC(=O)c2cc3c([nH]c2=O)CC[C@@H](C)C3)cc1. The molecule has 0 fully saturated rings. The van der Waals surface area contributed by atoms with Crippen LogP contribution in [0.25, 0.3) is 0 Å². The number of hydrogen-bond acceptors (Lipinski definition) is 3. The number of H-pyrrole nitrogens is 1. The van der Waals surface area contributed by atoms with Crippen LogP contribution in [0.5, 0.6) is 5.75 Å². The van der Waals surface area contributed by atoms with Gasteiger partial charge in [0, 0.05) is 11.4 Å². The lowest BCUT2D eigenvalue weighted by atomic mass is 9.87. The van der Waals surface area contributed by atoms with Crippen molar-refractivity contribution >= 4 is 11.6 Å². The van der Waals surface area contributed by atoms with E-state index in [0.29, 0.717) is 18.2 Å². The fourth-order valence-corrected chi connectivity index (χ4v) is 3.05. The van der Waals surface area contributed by atoms with E-state index >= 15 is 0 Å². The molecule has 0 saturated heterocycles. The first-order valence-corrected chi connectivity index (χ1v) is 8.36. The lowest BCUT2D eigenvalue weighted by molar-refractivity contribution is 0.102.